The largest absolute Gasteiger partial charge is 0.477 e. The number of quaternary nitrogens is 1. The van der Waals surface area contributed by atoms with Crippen LogP contribution in [0.15, 0.2) is 72.9 Å². The smallest absolute Gasteiger partial charge is 0.361 e. The molecule has 0 aliphatic heterocycles. The minimum absolute atomic E-state index is 0.184. The third-order valence-corrected chi connectivity index (χ3v) is 9.48. The monoisotopic (exact) mass is 829 g/mol. The van der Waals surface area contributed by atoms with E-state index in [0.717, 1.165) is 96.3 Å². The summed E-state index contributed by atoms with van der Waals surface area (Å²) in [6, 6.07) is 0. The Labute approximate surface area is 360 Å². The average molecular weight is 829 g/mol. The highest BCUT2D eigenvalue weighted by molar-refractivity contribution is 5.71. The van der Waals surface area contributed by atoms with Crippen molar-refractivity contribution in [2.45, 2.75) is 180 Å². The molecule has 0 aliphatic carbocycles. The summed E-state index contributed by atoms with van der Waals surface area (Å²) in [4.78, 5) is 36.8. The predicted octanol–water partition coefficient (Wildman–Crippen LogP) is 12.3. The summed E-state index contributed by atoms with van der Waals surface area (Å²) in [7, 11) is 5.93. The fraction of sp³-hybridized carbons (Fsp3) is 0.700. The second-order valence-electron chi connectivity index (χ2n) is 16.3. The number of carbonyl (C=O) groups is 3. The topological polar surface area (TPSA) is 108 Å². The molecule has 9 nitrogen and oxygen atoms in total. The van der Waals surface area contributed by atoms with Gasteiger partial charge in [0, 0.05) is 12.8 Å². The van der Waals surface area contributed by atoms with Gasteiger partial charge in [-0.25, -0.2) is 4.79 Å². The number of carboxylic acid groups (broad SMARTS) is 1. The van der Waals surface area contributed by atoms with Gasteiger partial charge < -0.3 is 28.5 Å². The Morgan fingerprint density at radius 2 is 0.966 bits per heavy atom. The number of likely N-dealkylation sites (N-methyl/N-ethyl adjacent to an activating group) is 1. The van der Waals surface area contributed by atoms with Crippen LogP contribution in [0.5, 0.6) is 0 Å². The summed E-state index contributed by atoms with van der Waals surface area (Å²) < 4.78 is 22.5. The Balaban J connectivity index is 4.12. The summed E-state index contributed by atoms with van der Waals surface area (Å²) in [5, 5.41) is 9.58. The first-order valence-corrected chi connectivity index (χ1v) is 23.1. The number of aliphatic carboxylic acids is 1. The van der Waals surface area contributed by atoms with Crippen LogP contribution in [0, 0.1) is 0 Å². The van der Waals surface area contributed by atoms with Crippen LogP contribution < -0.4 is 0 Å². The minimum Gasteiger partial charge on any atom is -0.477 e. The van der Waals surface area contributed by atoms with Crippen LogP contribution in [0.2, 0.25) is 0 Å². The minimum atomic E-state index is -1.51. The van der Waals surface area contributed by atoms with Gasteiger partial charge in [-0.3, -0.25) is 9.59 Å². The number of hydrogen-bond acceptors (Lipinski definition) is 7. The normalized spacial score (nSPS) is 13.6. The Morgan fingerprint density at radius 1 is 0.525 bits per heavy atom. The first-order valence-electron chi connectivity index (χ1n) is 23.1. The van der Waals surface area contributed by atoms with Crippen molar-refractivity contribution >= 4 is 17.9 Å². The molecule has 59 heavy (non-hydrogen) atoms. The number of carbonyl (C=O) groups excluding carboxylic acids is 2. The van der Waals surface area contributed by atoms with E-state index in [-0.39, 0.29) is 32.2 Å². The first kappa shape index (κ1) is 55.7. The summed E-state index contributed by atoms with van der Waals surface area (Å²) in [6.45, 7) is 4.64. The van der Waals surface area contributed by atoms with Gasteiger partial charge >= 0.3 is 17.9 Å². The molecule has 0 aromatic carbocycles. The maximum atomic E-state index is 12.7. The molecule has 0 fully saturated rings. The van der Waals surface area contributed by atoms with E-state index in [0.29, 0.717) is 23.9 Å². The molecule has 338 valence electrons. The van der Waals surface area contributed by atoms with Crippen LogP contribution in [-0.4, -0.2) is 87.4 Å². The zero-order chi connectivity index (χ0) is 43.5. The maximum Gasteiger partial charge on any atom is 0.361 e. The molecule has 0 bridgehead atoms. The van der Waals surface area contributed by atoms with Crippen molar-refractivity contribution in [2.75, 3.05) is 47.5 Å². The van der Waals surface area contributed by atoms with Gasteiger partial charge in [-0.1, -0.05) is 164 Å². The molecular weight excluding hydrogens is 743 g/mol. The summed E-state index contributed by atoms with van der Waals surface area (Å²) in [5.41, 5.74) is 0. The lowest BCUT2D eigenvalue weighted by Crippen LogP contribution is -2.40. The van der Waals surface area contributed by atoms with Crippen LogP contribution in [-0.2, 0) is 33.3 Å². The Morgan fingerprint density at radius 3 is 1.44 bits per heavy atom. The molecule has 0 aromatic rings. The summed E-state index contributed by atoms with van der Waals surface area (Å²) in [6.07, 6.45) is 48.7. The number of ether oxygens (including phenoxy) is 4. The molecular formula is C50H86NO8+. The molecule has 1 N–H and O–H groups in total. The fourth-order valence-corrected chi connectivity index (χ4v) is 5.90. The standard InChI is InChI=1S/C50H85NO8/c1-6-8-10-12-13-14-15-16-17-18-19-20-21-22-23-24-25-26-27-28-29-30-31-32-33-34-35-37-39-41-48(53)59-46(44-57-47(52)40-38-36-11-9-7-2)45-58-50(49(54)55)56-43-42-51(3,4)5/h8,10,13-14,16-17,19-20,22-23,25-26,46,50H,6-7,9,11-12,15,18,21,24,27-45H2,1-5H3/p+1/b10-8-,14-13-,17-16-,20-19-,23-22-,26-25-. The zero-order valence-electron chi connectivity index (χ0n) is 38.1. The lowest BCUT2D eigenvalue weighted by molar-refractivity contribution is -0.870. The number of hydrogen-bond donors (Lipinski definition) is 1. The van der Waals surface area contributed by atoms with E-state index in [2.05, 4.69) is 86.8 Å². The quantitative estimate of drug-likeness (QED) is 0.0213. The molecule has 0 spiro atoms. The SMILES string of the molecule is CC/C=C\C/C=C\C/C=C\C/C=C\C/C=C\C/C=C\CCCCCCCCCCCCC(=O)OC(COC(=O)CCCCCCC)COC(OCC[N+](C)(C)C)C(=O)O. The van der Waals surface area contributed by atoms with Crippen molar-refractivity contribution in [3.8, 4) is 0 Å². The number of unbranched alkanes of at least 4 members (excludes halogenated alkanes) is 14. The maximum absolute atomic E-state index is 12.7. The Hall–Kier alpha value is -3.27. The van der Waals surface area contributed by atoms with E-state index in [9.17, 15) is 19.5 Å². The van der Waals surface area contributed by atoms with Crippen LogP contribution in [0.1, 0.15) is 168 Å². The van der Waals surface area contributed by atoms with E-state index in [1.165, 1.54) is 38.5 Å². The van der Waals surface area contributed by atoms with Gasteiger partial charge in [-0.2, -0.15) is 0 Å². The van der Waals surface area contributed by atoms with Gasteiger partial charge in [0.15, 0.2) is 6.10 Å². The van der Waals surface area contributed by atoms with Crippen molar-refractivity contribution in [1.29, 1.82) is 0 Å². The predicted molar refractivity (Wildman–Crippen MR) is 244 cm³/mol. The van der Waals surface area contributed by atoms with E-state index in [1.54, 1.807) is 0 Å². The molecule has 0 rings (SSSR count). The van der Waals surface area contributed by atoms with Crippen LogP contribution in [0.4, 0.5) is 0 Å². The van der Waals surface area contributed by atoms with Gasteiger partial charge in [0.05, 0.1) is 34.4 Å². The number of rotatable bonds is 41. The van der Waals surface area contributed by atoms with Crippen LogP contribution in [0.25, 0.3) is 0 Å². The number of esters is 2. The van der Waals surface area contributed by atoms with E-state index in [1.807, 2.05) is 21.1 Å². The summed E-state index contributed by atoms with van der Waals surface area (Å²) >= 11 is 0. The van der Waals surface area contributed by atoms with E-state index < -0.39 is 24.3 Å². The molecule has 0 amide bonds. The molecule has 0 aromatic heterocycles. The number of carboxylic acids is 1. The van der Waals surface area contributed by atoms with Gasteiger partial charge in [0.1, 0.15) is 13.2 Å². The van der Waals surface area contributed by atoms with Gasteiger partial charge in [0.2, 0.25) is 0 Å². The van der Waals surface area contributed by atoms with E-state index in [4.69, 9.17) is 18.9 Å². The van der Waals surface area contributed by atoms with Crippen molar-refractivity contribution in [2.24, 2.45) is 0 Å². The highest BCUT2D eigenvalue weighted by Crippen LogP contribution is 2.14. The van der Waals surface area contributed by atoms with Gasteiger partial charge in [0.25, 0.3) is 6.29 Å². The third-order valence-electron chi connectivity index (χ3n) is 9.48. The lowest BCUT2D eigenvalue weighted by atomic mass is 10.0. The third kappa shape index (κ3) is 42.7. The zero-order valence-corrected chi connectivity index (χ0v) is 38.1. The molecule has 2 unspecified atom stereocenters. The molecule has 0 aliphatic rings. The second-order valence-corrected chi connectivity index (χ2v) is 16.3. The average Bonchev–Trinajstić information content (AvgIpc) is 3.19. The molecule has 0 heterocycles. The van der Waals surface area contributed by atoms with Crippen LogP contribution in [0.3, 0.4) is 0 Å². The molecule has 9 heteroatoms. The molecule has 0 saturated carbocycles. The van der Waals surface area contributed by atoms with Gasteiger partial charge in [-0.15, -0.1) is 0 Å². The van der Waals surface area contributed by atoms with E-state index >= 15 is 0 Å². The summed E-state index contributed by atoms with van der Waals surface area (Å²) in [5.74, 6) is -2.04. The molecule has 2 atom stereocenters. The Kier molecular flexibility index (Phi) is 39.2. The number of allylic oxidation sites excluding steroid dienone is 12. The molecule has 0 radical (unpaired) electrons. The molecule has 0 saturated heterocycles. The van der Waals surface area contributed by atoms with Crippen molar-refractivity contribution in [3.05, 3.63) is 72.9 Å². The Bertz CT molecular complexity index is 1200. The highest BCUT2D eigenvalue weighted by Gasteiger charge is 2.25. The van der Waals surface area contributed by atoms with Crippen molar-refractivity contribution in [3.63, 3.8) is 0 Å². The van der Waals surface area contributed by atoms with Crippen molar-refractivity contribution < 1.29 is 42.9 Å². The second kappa shape index (κ2) is 41.5. The lowest BCUT2D eigenvalue weighted by Gasteiger charge is -2.25. The van der Waals surface area contributed by atoms with Crippen LogP contribution >= 0.6 is 0 Å². The van der Waals surface area contributed by atoms with Crippen molar-refractivity contribution in [1.82, 2.24) is 0 Å². The fourth-order valence-electron chi connectivity index (χ4n) is 5.90. The number of nitrogens with zero attached hydrogens (tertiary/aromatic N) is 1. The first-order chi connectivity index (χ1) is 28.6. The highest BCUT2D eigenvalue weighted by atomic mass is 16.7. The van der Waals surface area contributed by atoms with Gasteiger partial charge in [-0.05, 0) is 64.2 Å².